The van der Waals surface area contributed by atoms with Crippen LogP contribution in [0.3, 0.4) is 0 Å². The number of nitrogens with zero attached hydrogens (tertiary/aromatic N) is 1. The largest absolute Gasteiger partial charge is 0.540 e. The first-order chi connectivity index (χ1) is 17.1. The number of halogens is 1. The number of anilines is 1. The minimum Gasteiger partial charge on any atom is -0.540 e. The highest BCUT2D eigenvalue weighted by Crippen LogP contribution is 2.48. The van der Waals surface area contributed by atoms with Gasteiger partial charge in [0.2, 0.25) is 5.91 Å². The Hall–Kier alpha value is -2.15. The molecule has 4 nitrogen and oxygen atoms in total. The van der Waals surface area contributed by atoms with Crippen LogP contribution in [0.1, 0.15) is 47.1 Å². The van der Waals surface area contributed by atoms with E-state index in [0.717, 1.165) is 21.9 Å². The van der Waals surface area contributed by atoms with E-state index in [1.165, 1.54) is 0 Å². The number of fused-ring (bicyclic) bond motifs is 1. The number of carbonyl (C=O) groups is 1. The van der Waals surface area contributed by atoms with Crippen LogP contribution < -0.4 is 14.1 Å². The molecule has 0 bridgehead atoms. The molecule has 2 aliphatic heterocycles. The minimum atomic E-state index is -2.14. The summed E-state index contributed by atoms with van der Waals surface area (Å²) >= 11 is 7.67. The fraction of sp³-hybridized carbons (Fsp3) is 0.414. The number of ether oxygens (including phenoxy) is 1. The Morgan fingerprint density at radius 1 is 0.944 bits per heavy atom. The Morgan fingerprint density at radius 3 is 2.17 bits per heavy atom. The maximum Gasteiger partial charge on any atom is 0.258 e. The van der Waals surface area contributed by atoms with E-state index < -0.39 is 8.32 Å². The van der Waals surface area contributed by atoms with Crippen LogP contribution in [-0.2, 0) is 4.79 Å². The normalized spacial score (nSPS) is 19.8. The summed E-state index contributed by atoms with van der Waals surface area (Å²) in [5.74, 6) is 1.56. The Morgan fingerprint density at radius 2 is 1.58 bits per heavy atom. The van der Waals surface area contributed by atoms with Crippen molar-refractivity contribution >= 4 is 48.2 Å². The first-order valence-electron chi connectivity index (χ1n) is 12.6. The number of benzene rings is 2. The van der Waals surface area contributed by atoms with Gasteiger partial charge < -0.3 is 9.16 Å². The quantitative estimate of drug-likeness (QED) is 0.314. The van der Waals surface area contributed by atoms with Gasteiger partial charge >= 0.3 is 0 Å². The standard InChI is InChI=1S/C29H36ClNO3SSi/c1-18(2)36(19(3)4,20(5)6)34-25-13-12-24(17-26(25)33-7)31-15-14-22-16-27(35-28(22)29(31)32)21-8-10-23(30)11-9-21/h8-20,22,28H,1-7H3. The molecule has 192 valence electrons. The number of thioether (sulfide) groups is 1. The molecule has 1 amide bonds. The fourth-order valence-electron chi connectivity index (χ4n) is 5.71. The van der Waals surface area contributed by atoms with Crippen molar-refractivity contribution in [3.63, 3.8) is 0 Å². The molecule has 2 aromatic carbocycles. The zero-order chi connectivity index (χ0) is 26.2. The Balaban J connectivity index is 1.58. The molecule has 0 spiro atoms. The van der Waals surface area contributed by atoms with Gasteiger partial charge in [-0.25, -0.2) is 0 Å². The van der Waals surface area contributed by atoms with Crippen LogP contribution in [-0.4, -0.2) is 26.6 Å². The minimum absolute atomic E-state index is 0.0682. The number of amides is 1. The van der Waals surface area contributed by atoms with E-state index in [1.54, 1.807) is 23.8 Å². The van der Waals surface area contributed by atoms with Gasteiger partial charge in [0.1, 0.15) is 5.75 Å². The second kappa shape index (κ2) is 10.7. The van der Waals surface area contributed by atoms with Gasteiger partial charge in [-0.15, -0.1) is 11.8 Å². The molecule has 0 saturated carbocycles. The van der Waals surface area contributed by atoms with Crippen molar-refractivity contribution in [2.24, 2.45) is 5.92 Å². The van der Waals surface area contributed by atoms with Crippen LogP contribution in [0.4, 0.5) is 5.69 Å². The average molecular weight is 542 g/mol. The molecule has 2 unspecified atom stereocenters. The highest BCUT2D eigenvalue weighted by atomic mass is 35.5. The first-order valence-corrected chi connectivity index (χ1v) is 16.0. The summed E-state index contributed by atoms with van der Waals surface area (Å²) in [5.41, 5.74) is 3.22. The molecule has 36 heavy (non-hydrogen) atoms. The molecule has 0 N–H and O–H groups in total. The number of hydrogen-bond donors (Lipinski definition) is 0. The van der Waals surface area contributed by atoms with Crippen molar-refractivity contribution in [1.82, 2.24) is 0 Å². The predicted octanol–water partition coefficient (Wildman–Crippen LogP) is 8.54. The van der Waals surface area contributed by atoms with Crippen molar-refractivity contribution in [1.29, 1.82) is 0 Å². The van der Waals surface area contributed by atoms with Crippen molar-refractivity contribution < 1.29 is 14.0 Å². The van der Waals surface area contributed by atoms with Gasteiger partial charge in [-0.3, -0.25) is 9.69 Å². The van der Waals surface area contributed by atoms with Gasteiger partial charge in [0.05, 0.1) is 18.0 Å². The van der Waals surface area contributed by atoms with Crippen molar-refractivity contribution in [3.8, 4) is 11.5 Å². The Kier molecular flexibility index (Phi) is 7.98. The number of carbonyl (C=O) groups excluding carboxylic acids is 1. The van der Waals surface area contributed by atoms with E-state index in [0.29, 0.717) is 27.4 Å². The lowest BCUT2D eigenvalue weighted by molar-refractivity contribution is -0.118. The lowest BCUT2D eigenvalue weighted by Gasteiger charge is -2.42. The van der Waals surface area contributed by atoms with Crippen molar-refractivity contribution in [2.75, 3.05) is 12.0 Å². The van der Waals surface area contributed by atoms with Crippen molar-refractivity contribution in [2.45, 2.75) is 63.4 Å². The predicted molar refractivity (Wildman–Crippen MR) is 156 cm³/mol. The molecular weight excluding hydrogens is 506 g/mol. The summed E-state index contributed by atoms with van der Waals surface area (Å²) in [6.45, 7) is 13.6. The summed E-state index contributed by atoms with van der Waals surface area (Å²) in [5, 5.41) is 0.517. The third kappa shape index (κ3) is 4.87. The highest BCUT2D eigenvalue weighted by Gasteiger charge is 2.47. The zero-order valence-corrected chi connectivity index (χ0v) is 24.7. The van der Waals surface area contributed by atoms with Gasteiger partial charge in [0.15, 0.2) is 5.75 Å². The smallest absolute Gasteiger partial charge is 0.258 e. The maximum atomic E-state index is 13.6. The summed E-state index contributed by atoms with van der Waals surface area (Å²) in [6.07, 6.45) is 6.17. The molecule has 2 heterocycles. The zero-order valence-electron chi connectivity index (χ0n) is 22.1. The molecule has 2 aromatic rings. The topological polar surface area (TPSA) is 38.8 Å². The van der Waals surface area contributed by atoms with E-state index in [2.05, 4.69) is 53.7 Å². The molecule has 0 aromatic heterocycles. The lowest BCUT2D eigenvalue weighted by atomic mass is 9.99. The molecule has 0 saturated heterocycles. The molecule has 2 aliphatic rings. The summed E-state index contributed by atoms with van der Waals surface area (Å²) in [6, 6.07) is 13.6. The van der Waals surface area contributed by atoms with Crippen LogP contribution in [0.2, 0.25) is 21.6 Å². The third-order valence-corrected chi connectivity index (χ3v) is 15.1. The second-order valence-corrected chi connectivity index (χ2v) is 17.5. The number of methoxy groups -OCH3 is 1. The summed E-state index contributed by atoms with van der Waals surface area (Å²) < 4.78 is 12.7. The molecule has 0 fully saturated rings. The number of rotatable bonds is 8. The van der Waals surface area contributed by atoms with Crippen LogP contribution >= 0.6 is 23.4 Å². The molecule has 4 rings (SSSR count). The fourth-order valence-corrected chi connectivity index (χ4v) is 12.4. The van der Waals surface area contributed by atoms with Crippen LogP contribution in [0.5, 0.6) is 11.5 Å². The highest BCUT2D eigenvalue weighted by molar-refractivity contribution is 8.09. The lowest BCUT2D eigenvalue weighted by Crippen LogP contribution is -2.50. The van der Waals surface area contributed by atoms with Gasteiger partial charge in [-0.05, 0) is 46.5 Å². The van der Waals surface area contributed by atoms with Gasteiger partial charge in [0.25, 0.3) is 8.32 Å². The van der Waals surface area contributed by atoms with Crippen LogP contribution in [0.15, 0.2) is 60.8 Å². The monoisotopic (exact) mass is 541 g/mol. The van der Waals surface area contributed by atoms with E-state index in [9.17, 15) is 4.79 Å². The van der Waals surface area contributed by atoms with Crippen molar-refractivity contribution in [3.05, 3.63) is 71.4 Å². The van der Waals surface area contributed by atoms with Gasteiger partial charge in [-0.1, -0.05) is 77.4 Å². The van der Waals surface area contributed by atoms with Crippen LogP contribution in [0.25, 0.3) is 4.91 Å². The maximum absolute atomic E-state index is 13.6. The molecule has 0 radical (unpaired) electrons. The Bertz CT molecular complexity index is 1150. The number of hydrogen-bond acceptors (Lipinski definition) is 4. The molecule has 0 aliphatic carbocycles. The second-order valence-electron chi connectivity index (χ2n) is 10.5. The Labute approximate surface area is 225 Å². The van der Waals surface area contributed by atoms with Gasteiger partial charge in [0, 0.05) is 28.1 Å². The molecule has 7 heteroatoms. The first kappa shape index (κ1) is 26.9. The molecular formula is C29H36ClNO3SSi. The number of allylic oxidation sites excluding steroid dienone is 2. The molecule has 2 atom stereocenters. The third-order valence-electron chi connectivity index (χ3n) is 7.43. The SMILES string of the molecule is COc1cc(N2C=CC3C=C(c4ccc(Cl)cc4)SC3C2=O)ccc1O[Si](C(C)C)(C(C)C)C(C)C. The van der Waals surface area contributed by atoms with E-state index in [-0.39, 0.29) is 17.1 Å². The summed E-state index contributed by atoms with van der Waals surface area (Å²) in [7, 11) is -0.480. The van der Waals surface area contributed by atoms with Gasteiger partial charge in [-0.2, -0.15) is 0 Å². The average Bonchev–Trinajstić information content (AvgIpc) is 3.28. The van der Waals surface area contributed by atoms with E-state index >= 15 is 0 Å². The van der Waals surface area contributed by atoms with E-state index in [1.807, 2.05) is 48.7 Å². The van der Waals surface area contributed by atoms with E-state index in [4.69, 9.17) is 20.8 Å². The summed E-state index contributed by atoms with van der Waals surface area (Å²) in [4.78, 5) is 16.4. The van der Waals surface area contributed by atoms with Crippen LogP contribution in [0, 0.1) is 5.92 Å².